The van der Waals surface area contributed by atoms with Gasteiger partial charge in [-0.2, -0.15) is 0 Å². The number of carbonyl (C=O) groups excluding carboxylic acids is 1. The van der Waals surface area contributed by atoms with Crippen molar-refractivity contribution in [2.75, 3.05) is 25.1 Å². The Morgan fingerprint density at radius 2 is 1.79 bits per heavy atom. The van der Waals surface area contributed by atoms with Crippen molar-refractivity contribution in [2.24, 2.45) is 22.7 Å². The molecule has 0 radical (unpaired) electrons. The summed E-state index contributed by atoms with van der Waals surface area (Å²) in [7, 11) is 0. The maximum Gasteiger partial charge on any atom is 0.338 e. The molecule has 5 nitrogen and oxygen atoms in total. The maximum atomic E-state index is 11.9. The molecule has 1 aliphatic heterocycles. The van der Waals surface area contributed by atoms with Gasteiger partial charge in [0.1, 0.15) is 0 Å². The van der Waals surface area contributed by atoms with Crippen molar-refractivity contribution in [2.45, 2.75) is 103 Å². The fraction of sp³-hybridized carbons (Fsp3) is 0.548. The third kappa shape index (κ3) is 6.26. The Bertz CT molecular complexity index is 1550. The molecule has 250 valence electrons. The number of aliphatic hydroxyl groups excluding tert-OH is 1. The lowest BCUT2D eigenvalue weighted by molar-refractivity contribution is -0.101. The Hall–Kier alpha value is -3.15. The molecule has 1 heterocycles. The van der Waals surface area contributed by atoms with Crippen LogP contribution in [0.1, 0.15) is 113 Å². The summed E-state index contributed by atoms with van der Waals surface area (Å²) < 4.78 is 11.7. The van der Waals surface area contributed by atoms with Gasteiger partial charge >= 0.3 is 5.97 Å². The van der Waals surface area contributed by atoms with Crippen molar-refractivity contribution in [3.63, 3.8) is 0 Å². The fourth-order valence-corrected chi connectivity index (χ4v) is 9.64. The number of ether oxygens (including phenoxy) is 2. The van der Waals surface area contributed by atoms with Crippen LogP contribution < -0.4 is 5.32 Å². The summed E-state index contributed by atoms with van der Waals surface area (Å²) in [4.78, 5) is 11.9. The van der Waals surface area contributed by atoms with E-state index in [9.17, 15) is 9.90 Å². The van der Waals surface area contributed by atoms with Crippen molar-refractivity contribution in [1.29, 1.82) is 0 Å². The average molecular weight is 636 g/mol. The SMILES string of the molecule is CCOC(=O)c1ccc(NC/C=C/c2ccc(C3CC4(C)C(O)CCC4C4CCC5=CC6(CCC5=C34)CCC(C)(C)CO6)cc2)cc1. The molecule has 4 aliphatic carbocycles. The molecule has 1 saturated heterocycles. The topological polar surface area (TPSA) is 67.8 Å². The molecular weight excluding hydrogens is 582 g/mol. The number of hydrogen-bond donors (Lipinski definition) is 2. The van der Waals surface area contributed by atoms with Crippen LogP contribution in [-0.2, 0) is 9.47 Å². The molecule has 2 aromatic carbocycles. The third-order valence-corrected chi connectivity index (χ3v) is 12.4. The van der Waals surface area contributed by atoms with Gasteiger partial charge in [0.25, 0.3) is 0 Å². The summed E-state index contributed by atoms with van der Waals surface area (Å²) >= 11 is 0. The molecule has 3 fully saturated rings. The van der Waals surface area contributed by atoms with Crippen LogP contribution in [0.25, 0.3) is 6.08 Å². The Morgan fingerprint density at radius 3 is 2.51 bits per heavy atom. The standard InChI is InChI=1S/C42H53NO4/c1-5-46-39(45)30-12-15-32(16-13-30)43-24-6-7-28-8-10-29(11-9-28)35-26-41(4)36(18-19-37(41)44)34-17-14-31-25-42(21-20-33(31)38(34)35)23-22-40(2,3)27-47-42/h6-13,15-16,25,34-37,43-44H,5,14,17-24,26-27H2,1-4H3/b7-6+. The van der Waals surface area contributed by atoms with Gasteiger partial charge < -0.3 is 19.9 Å². The van der Waals surface area contributed by atoms with E-state index in [0.29, 0.717) is 36.5 Å². The van der Waals surface area contributed by atoms with E-state index in [1.165, 1.54) is 24.0 Å². The van der Waals surface area contributed by atoms with Crippen LogP contribution in [0.3, 0.4) is 0 Å². The highest BCUT2D eigenvalue weighted by Crippen LogP contribution is 2.64. The monoisotopic (exact) mass is 635 g/mol. The molecule has 6 atom stereocenters. The van der Waals surface area contributed by atoms with Crippen molar-refractivity contribution in [3.05, 3.63) is 94.1 Å². The highest BCUT2D eigenvalue weighted by Gasteiger charge is 2.56. The second-order valence-corrected chi connectivity index (χ2v) is 16.0. The number of hydrogen-bond acceptors (Lipinski definition) is 5. The molecule has 7 rings (SSSR count). The number of nitrogens with one attached hydrogen (secondary N) is 1. The highest BCUT2D eigenvalue weighted by atomic mass is 16.5. The lowest BCUT2D eigenvalue weighted by atomic mass is 9.53. The van der Waals surface area contributed by atoms with Crippen molar-refractivity contribution in [3.8, 4) is 0 Å². The lowest BCUT2D eigenvalue weighted by Crippen LogP contribution is -2.46. The number of esters is 1. The molecule has 2 aromatic rings. The van der Waals surface area contributed by atoms with E-state index in [1.54, 1.807) is 28.9 Å². The molecule has 5 heteroatoms. The van der Waals surface area contributed by atoms with Crippen molar-refractivity contribution in [1.82, 2.24) is 0 Å². The molecule has 0 bridgehead atoms. The number of carbonyl (C=O) groups is 1. The summed E-state index contributed by atoms with van der Waals surface area (Å²) in [6, 6.07) is 16.6. The van der Waals surface area contributed by atoms with Gasteiger partial charge in [-0.1, -0.05) is 62.8 Å². The zero-order chi connectivity index (χ0) is 32.8. The first-order chi connectivity index (χ1) is 22.6. The fourth-order valence-electron chi connectivity index (χ4n) is 9.64. The minimum absolute atomic E-state index is 0.0205. The molecule has 2 N–H and O–H groups in total. The maximum absolute atomic E-state index is 11.9. The predicted molar refractivity (Wildman–Crippen MR) is 189 cm³/mol. The van der Waals surface area contributed by atoms with Crippen LogP contribution in [-0.4, -0.2) is 42.5 Å². The van der Waals surface area contributed by atoms with E-state index >= 15 is 0 Å². The molecule has 1 spiro atoms. The molecule has 5 aliphatic rings. The predicted octanol–water partition coefficient (Wildman–Crippen LogP) is 9.26. The number of allylic oxidation sites excluding steroid dienone is 3. The minimum Gasteiger partial charge on any atom is -0.462 e. The van der Waals surface area contributed by atoms with Gasteiger partial charge in [0, 0.05) is 18.2 Å². The summed E-state index contributed by atoms with van der Waals surface area (Å²) in [6.07, 6.45) is 16.7. The van der Waals surface area contributed by atoms with E-state index in [0.717, 1.165) is 57.2 Å². The van der Waals surface area contributed by atoms with E-state index < -0.39 is 0 Å². The van der Waals surface area contributed by atoms with Crippen LogP contribution in [0.4, 0.5) is 5.69 Å². The molecule has 47 heavy (non-hydrogen) atoms. The number of benzene rings is 2. The average Bonchev–Trinajstić information content (AvgIpc) is 3.38. The second kappa shape index (κ2) is 12.7. The first-order valence-electron chi connectivity index (χ1n) is 18.1. The van der Waals surface area contributed by atoms with E-state index in [1.807, 2.05) is 19.1 Å². The Labute approximate surface area is 281 Å². The van der Waals surface area contributed by atoms with Crippen LogP contribution in [0, 0.1) is 22.7 Å². The molecule has 6 unspecified atom stereocenters. The zero-order valence-corrected chi connectivity index (χ0v) is 28.8. The van der Waals surface area contributed by atoms with E-state index in [-0.39, 0.29) is 28.5 Å². The summed E-state index contributed by atoms with van der Waals surface area (Å²) in [5, 5.41) is 14.7. The van der Waals surface area contributed by atoms with Gasteiger partial charge in [-0.15, -0.1) is 0 Å². The Kier molecular flexibility index (Phi) is 8.76. The molecule has 0 amide bonds. The van der Waals surface area contributed by atoms with E-state index in [4.69, 9.17) is 9.47 Å². The second-order valence-electron chi connectivity index (χ2n) is 16.0. The van der Waals surface area contributed by atoms with Gasteiger partial charge in [-0.25, -0.2) is 4.79 Å². The smallest absolute Gasteiger partial charge is 0.338 e. The minimum atomic E-state index is -0.290. The highest BCUT2D eigenvalue weighted by molar-refractivity contribution is 5.89. The van der Waals surface area contributed by atoms with Crippen LogP contribution >= 0.6 is 0 Å². The lowest BCUT2D eigenvalue weighted by Gasteiger charge is -2.53. The zero-order valence-electron chi connectivity index (χ0n) is 28.8. The van der Waals surface area contributed by atoms with Crippen LogP contribution in [0.15, 0.2) is 77.4 Å². The largest absolute Gasteiger partial charge is 0.462 e. The molecule has 2 saturated carbocycles. The number of fused-ring (bicyclic) bond motifs is 4. The summed E-state index contributed by atoms with van der Waals surface area (Å²) in [6.45, 7) is 10.8. The normalized spacial score (nSPS) is 32.8. The van der Waals surface area contributed by atoms with Gasteiger partial charge in [0.05, 0.1) is 30.5 Å². The van der Waals surface area contributed by atoms with Gasteiger partial charge in [0.15, 0.2) is 0 Å². The van der Waals surface area contributed by atoms with Crippen molar-refractivity contribution < 1.29 is 19.4 Å². The van der Waals surface area contributed by atoms with Gasteiger partial charge in [-0.3, -0.25) is 0 Å². The molecule has 0 aromatic heterocycles. The van der Waals surface area contributed by atoms with Crippen molar-refractivity contribution >= 4 is 17.7 Å². The summed E-state index contributed by atoms with van der Waals surface area (Å²) in [5.41, 5.74) is 9.20. The Balaban J connectivity index is 1.10. The van der Waals surface area contributed by atoms with Gasteiger partial charge in [0.2, 0.25) is 0 Å². The van der Waals surface area contributed by atoms with Crippen LogP contribution in [0.2, 0.25) is 0 Å². The first-order valence-corrected chi connectivity index (χ1v) is 18.1. The van der Waals surface area contributed by atoms with Gasteiger partial charge in [-0.05, 0) is 140 Å². The quantitative estimate of drug-likeness (QED) is 0.297. The summed E-state index contributed by atoms with van der Waals surface area (Å²) in [5.74, 6) is 1.21. The number of rotatable bonds is 7. The first kappa shape index (κ1) is 32.4. The third-order valence-electron chi connectivity index (χ3n) is 12.4. The van der Waals surface area contributed by atoms with E-state index in [2.05, 4.69) is 68.6 Å². The van der Waals surface area contributed by atoms with Crippen LogP contribution in [0.5, 0.6) is 0 Å². The number of anilines is 1. The molecular formula is C42H53NO4. The number of aliphatic hydroxyl groups is 1. The Morgan fingerprint density at radius 1 is 1.00 bits per heavy atom.